The predicted octanol–water partition coefficient (Wildman–Crippen LogP) is 5.30. The topological polar surface area (TPSA) is 66.9 Å². The number of benzene rings is 2. The van der Waals surface area contributed by atoms with Crippen LogP contribution in [0.4, 0.5) is 20.0 Å². The quantitative estimate of drug-likeness (QED) is 0.645. The Morgan fingerprint density at radius 1 is 1.04 bits per heavy atom. The lowest BCUT2D eigenvalue weighted by molar-refractivity contribution is 0.262. The summed E-state index contributed by atoms with van der Waals surface area (Å²) in [6.45, 7) is 0. The van der Waals surface area contributed by atoms with Crippen LogP contribution in [0.1, 0.15) is 0 Å². The van der Waals surface area contributed by atoms with Crippen LogP contribution in [0.5, 0.6) is 0 Å². The molecule has 0 aliphatic rings. The van der Waals surface area contributed by atoms with Gasteiger partial charge in [-0.3, -0.25) is 5.32 Å². The summed E-state index contributed by atoms with van der Waals surface area (Å²) in [4.78, 5) is 11.9. The van der Waals surface area contributed by atoms with E-state index in [1.165, 1.54) is 18.2 Å². The Bertz CT molecular complexity index is 903. The molecule has 122 valence electrons. The lowest BCUT2D eigenvalue weighted by Crippen LogP contribution is -2.19. The zero-order valence-corrected chi connectivity index (χ0v) is 14.2. The lowest BCUT2D eigenvalue weighted by atomic mass is 10.2. The summed E-state index contributed by atoms with van der Waals surface area (Å²) in [5.41, 5.74) is 0.800. The molecule has 0 saturated heterocycles. The van der Waals surface area contributed by atoms with E-state index in [0.29, 0.717) is 15.1 Å². The molecule has 0 atom stereocenters. The van der Waals surface area contributed by atoms with Crippen LogP contribution >= 0.6 is 34.5 Å². The van der Waals surface area contributed by atoms with Gasteiger partial charge in [-0.2, -0.15) is 0 Å². The van der Waals surface area contributed by atoms with E-state index in [1.807, 2.05) is 0 Å². The molecule has 0 aliphatic carbocycles. The van der Waals surface area contributed by atoms with Gasteiger partial charge in [-0.05, 0) is 24.3 Å². The van der Waals surface area contributed by atoms with Gasteiger partial charge in [0.1, 0.15) is 10.8 Å². The molecule has 0 radical (unpaired) electrons. The van der Waals surface area contributed by atoms with Gasteiger partial charge in [0, 0.05) is 5.56 Å². The minimum Gasteiger partial charge on any atom is -0.305 e. The number of aromatic nitrogens is 2. The maximum absolute atomic E-state index is 13.5. The zero-order chi connectivity index (χ0) is 17.1. The van der Waals surface area contributed by atoms with Crippen LogP contribution in [-0.2, 0) is 0 Å². The smallest absolute Gasteiger partial charge is 0.305 e. The lowest BCUT2D eigenvalue weighted by Gasteiger charge is -2.05. The fraction of sp³-hybridized carbons (Fsp3) is 0. The number of halogens is 3. The number of carbonyl (C=O) groups excluding carboxylic acids is 1. The van der Waals surface area contributed by atoms with Crippen molar-refractivity contribution in [3.63, 3.8) is 0 Å². The van der Waals surface area contributed by atoms with Crippen LogP contribution in [0.2, 0.25) is 10.0 Å². The van der Waals surface area contributed by atoms with Gasteiger partial charge in [-0.25, -0.2) is 9.18 Å². The number of amides is 2. The van der Waals surface area contributed by atoms with Gasteiger partial charge >= 0.3 is 6.03 Å². The van der Waals surface area contributed by atoms with Crippen molar-refractivity contribution < 1.29 is 9.18 Å². The summed E-state index contributed by atoms with van der Waals surface area (Å²) >= 11 is 13.0. The van der Waals surface area contributed by atoms with Gasteiger partial charge < -0.3 is 5.32 Å². The highest BCUT2D eigenvalue weighted by Crippen LogP contribution is 2.31. The fourth-order valence-corrected chi connectivity index (χ4v) is 2.87. The second-order valence-electron chi connectivity index (χ2n) is 4.60. The van der Waals surface area contributed by atoms with Crippen molar-refractivity contribution in [1.82, 2.24) is 10.2 Å². The molecular weight excluding hydrogens is 374 g/mol. The highest BCUT2D eigenvalue weighted by atomic mass is 35.5. The Labute approximate surface area is 150 Å². The molecule has 9 heteroatoms. The van der Waals surface area contributed by atoms with E-state index < -0.39 is 11.8 Å². The standard InChI is InChI=1S/C15H9Cl2FN4OS/c16-9-6-5-8(7-10(9)17)13-21-22-15(24-13)20-14(23)19-12-4-2-1-3-11(12)18/h1-7H,(H2,19,20,22,23). The van der Waals surface area contributed by atoms with Crippen LogP contribution in [0, 0.1) is 5.82 Å². The number of urea groups is 1. The summed E-state index contributed by atoms with van der Waals surface area (Å²) in [5, 5.41) is 14.4. The SMILES string of the molecule is O=C(Nc1nnc(-c2ccc(Cl)c(Cl)c2)s1)Nc1ccccc1F. The van der Waals surface area contributed by atoms with Gasteiger partial charge in [-0.15, -0.1) is 10.2 Å². The Hall–Kier alpha value is -2.22. The average Bonchev–Trinajstić information content (AvgIpc) is 3.00. The molecule has 2 amide bonds. The van der Waals surface area contributed by atoms with Crippen LogP contribution < -0.4 is 10.6 Å². The Kier molecular flexibility index (Phi) is 4.94. The average molecular weight is 383 g/mol. The Balaban J connectivity index is 1.70. The first-order valence-corrected chi connectivity index (χ1v) is 8.21. The van der Waals surface area contributed by atoms with E-state index >= 15 is 0 Å². The first-order chi connectivity index (χ1) is 11.5. The van der Waals surface area contributed by atoms with Crippen molar-refractivity contribution in [1.29, 1.82) is 0 Å². The number of hydrogen-bond donors (Lipinski definition) is 2. The number of anilines is 2. The second-order valence-corrected chi connectivity index (χ2v) is 6.39. The predicted molar refractivity (Wildman–Crippen MR) is 94.4 cm³/mol. The molecule has 3 rings (SSSR count). The van der Waals surface area contributed by atoms with Crippen LogP contribution in [0.15, 0.2) is 42.5 Å². The summed E-state index contributed by atoms with van der Waals surface area (Å²) in [5.74, 6) is -0.526. The largest absolute Gasteiger partial charge is 0.325 e. The number of hydrogen-bond acceptors (Lipinski definition) is 4. The summed E-state index contributed by atoms with van der Waals surface area (Å²) < 4.78 is 13.5. The molecule has 1 aromatic heterocycles. The van der Waals surface area contributed by atoms with Gasteiger partial charge in [0.2, 0.25) is 5.13 Å². The molecule has 3 aromatic rings. The molecule has 0 aliphatic heterocycles. The van der Waals surface area contributed by atoms with Crippen molar-refractivity contribution in [3.8, 4) is 10.6 Å². The molecule has 0 spiro atoms. The minimum atomic E-state index is -0.614. The van der Waals surface area contributed by atoms with E-state index in [-0.39, 0.29) is 10.8 Å². The van der Waals surface area contributed by atoms with Crippen molar-refractivity contribution in [2.24, 2.45) is 0 Å². The molecule has 0 saturated carbocycles. The summed E-state index contributed by atoms with van der Waals surface area (Å²) in [6.07, 6.45) is 0. The molecule has 5 nitrogen and oxygen atoms in total. The first-order valence-electron chi connectivity index (χ1n) is 6.64. The highest BCUT2D eigenvalue weighted by molar-refractivity contribution is 7.18. The minimum absolute atomic E-state index is 0.0734. The molecule has 24 heavy (non-hydrogen) atoms. The number of para-hydroxylation sites is 1. The number of nitrogens with one attached hydrogen (secondary N) is 2. The van der Waals surface area contributed by atoms with Crippen molar-refractivity contribution in [2.75, 3.05) is 10.6 Å². The van der Waals surface area contributed by atoms with Gasteiger partial charge in [0.05, 0.1) is 15.7 Å². The third-order valence-electron chi connectivity index (χ3n) is 2.93. The van der Waals surface area contributed by atoms with Crippen LogP contribution in [-0.4, -0.2) is 16.2 Å². The van der Waals surface area contributed by atoms with Gasteiger partial charge in [-0.1, -0.05) is 52.7 Å². The van der Waals surface area contributed by atoms with Crippen LogP contribution in [0.3, 0.4) is 0 Å². The van der Waals surface area contributed by atoms with E-state index in [2.05, 4.69) is 20.8 Å². The molecule has 2 aromatic carbocycles. The fourth-order valence-electron chi connectivity index (χ4n) is 1.83. The van der Waals surface area contributed by atoms with Crippen LogP contribution in [0.25, 0.3) is 10.6 Å². The maximum Gasteiger partial charge on any atom is 0.325 e. The first kappa shape index (κ1) is 16.6. The second kappa shape index (κ2) is 7.12. The molecule has 0 unspecified atom stereocenters. The molecule has 1 heterocycles. The molecule has 2 N–H and O–H groups in total. The third-order valence-corrected chi connectivity index (χ3v) is 4.56. The van der Waals surface area contributed by atoms with Gasteiger partial charge in [0.15, 0.2) is 0 Å². The van der Waals surface area contributed by atoms with Gasteiger partial charge in [0.25, 0.3) is 0 Å². The molecule has 0 bridgehead atoms. The Morgan fingerprint density at radius 2 is 1.83 bits per heavy atom. The van der Waals surface area contributed by atoms with E-state index in [4.69, 9.17) is 23.2 Å². The Morgan fingerprint density at radius 3 is 2.58 bits per heavy atom. The summed E-state index contributed by atoms with van der Waals surface area (Å²) in [7, 11) is 0. The van der Waals surface area contributed by atoms with Crippen molar-refractivity contribution in [3.05, 3.63) is 58.3 Å². The zero-order valence-electron chi connectivity index (χ0n) is 11.9. The molecule has 0 fully saturated rings. The summed E-state index contributed by atoms with van der Waals surface area (Å²) in [6, 6.07) is 10.3. The maximum atomic E-state index is 13.5. The van der Waals surface area contributed by atoms with E-state index in [9.17, 15) is 9.18 Å². The number of carbonyl (C=O) groups is 1. The molecular formula is C15H9Cl2FN4OS. The number of nitrogens with zero attached hydrogens (tertiary/aromatic N) is 2. The highest BCUT2D eigenvalue weighted by Gasteiger charge is 2.12. The van der Waals surface area contributed by atoms with Crippen molar-refractivity contribution >= 4 is 51.4 Å². The van der Waals surface area contributed by atoms with Crippen molar-refractivity contribution in [2.45, 2.75) is 0 Å². The monoisotopic (exact) mass is 382 g/mol. The normalized spacial score (nSPS) is 10.5. The third kappa shape index (κ3) is 3.81. The van der Waals surface area contributed by atoms with E-state index in [1.54, 1.807) is 24.3 Å². The number of rotatable bonds is 3. The van der Waals surface area contributed by atoms with E-state index in [0.717, 1.165) is 16.9 Å².